The molecular formula is C44H26N4. The Kier molecular flexibility index (Phi) is 6.22. The van der Waals surface area contributed by atoms with Crippen LogP contribution in [0.25, 0.3) is 77.2 Å². The molecule has 48 heavy (non-hydrogen) atoms. The molecule has 2 aromatic heterocycles. The molecule has 7 aromatic carbocycles. The molecule has 0 atom stereocenters. The van der Waals surface area contributed by atoms with Crippen LogP contribution in [0, 0.1) is 22.7 Å². The number of hydrogen-bond acceptors (Lipinski definition) is 2. The Morgan fingerprint density at radius 2 is 0.958 bits per heavy atom. The monoisotopic (exact) mass is 610 g/mol. The van der Waals surface area contributed by atoms with E-state index in [1.54, 1.807) is 0 Å². The predicted molar refractivity (Wildman–Crippen MR) is 195 cm³/mol. The smallest absolute Gasteiger partial charge is 0.0998 e. The summed E-state index contributed by atoms with van der Waals surface area (Å²) in [4.78, 5) is 0. The number of nitriles is 2. The zero-order chi connectivity index (χ0) is 32.2. The lowest BCUT2D eigenvalue weighted by Gasteiger charge is -2.16. The van der Waals surface area contributed by atoms with E-state index in [0.717, 1.165) is 66.5 Å². The third kappa shape index (κ3) is 4.14. The molecular weight excluding hydrogens is 585 g/mol. The van der Waals surface area contributed by atoms with Crippen molar-refractivity contribution in [2.75, 3.05) is 0 Å². The fourth-order valence-electron chi connectivity index (χ4n) is 7.30. The van der Waals surface area contributed by atoms with E-state index in [4.69, 9.17) is 0 Å². The van der Waals surface area contributed by atoms with E-state index in [1.165, 1.54) is 10.8 Å². The highest BCUT2D eigenvalue weighted by Crippen LogP contribution is 2.39. The van der Waals surface area contributed by atoms with Gasteiger partial charge in [0, 0.05) is 32.8 Å². The van der Waals surface area contributed by atoms with Gasteiger partial charge in [0.05, 0.1) is 51.0 Å². The molecule has 0 spiro atoms. The van der Waals surface area contributed by atoms with E-state index < -0.39 is 0 Å². The maximum absolute atomic E-state index is 10.4. The van der Waals surface area contributed by atoms with Crippen LogP contribution in [0.4, 0.5) is 0 Å². The topological polar surface area (TPSA) is 57.4 Å². The van der Waals surface area contributed by atoms with Crippen molar-refractivity contribution in [2.45, 2.75) is 0 Å². The molecule has 0 unspecified atom stereocenters. The summed E-state index contributed by atoms with van der Waals surface area (Å²) >= 11 is 0. The molecule has 0 saturated heterocycles. The Hall–Kier alpha value is -6.88. The van der Waals surface area contributed by atoms with Crippen molar-refractivity contribution in [3.8, 4) is 45.8 Å². The van der Waals surface area contributed by atoms with Gasteiger partial charge >= 0.3 is 0 Å². The van der Waals surface area contributed by atoms with Crippen molar-refractivity contribution in [1.82, 2.24) is 9.13 Å². The van der Waals surface area contributed by atoms with Gasteiger partial charge in [0.1, 0.15) is 0 Å². The minimum atomic E-state index is 0.627. The Labute approximate surface area is 277 Å². The van der Waals surface area contributed by atoms with Gasteiger partial charge in [-0.3, -0.25) is 0 Å². The minimum absolute atomic E-state index is 0.627. The minimum Gasteiger partial charge on any atom is -0.309 e. The van der Waals surface area contributed by atoms with E-state index in [1.807, 2.05) is 36.4 Å². The predicted octanol–water partition coefficient (Wildman–Crippen LogP) is 11.0. The van der Waals surface area contributed by atoms with Crippen LogP contribution in [0.15, 0.2) is 158 Å². The van der Waals surface area contributed by atoms with E-state index in [2.05, 4.69) is 143 Å². The Morgan fingerprint density at radius 3 is 1.65 bits per heavy atom. The molecule has 9 aromatic rings. The zero-order valence-corrected chi connectivity index (χ0v) is 25.8. The standard InChI is InChI=1S/C44H26N4/c45-27-29-22-23-42-38(24-29)37-17-3-4-18-39(37)47(42)34-14-8-11-31(26-34)30-10-7-12-32(25-30)44-33(28-46)13-9-21-43(44)48-40-19-5-1-15-35(40)36-16-2-6-20-41(36)48/h1-26H. The molecule has 0 radical (unpaired) electrons. The number of hydrogen-bond donors (Lipinski definition) is 0. The summed E-state index contributed by atoms with van der Waals surface area (Å²) in [5.74, 6) is 0. The highest BCUT2D eigenvalue weighted by molar-refractivity contribution is 6.11. The average molecular weight is 611 g/mol. The van der Waals surface area contributed by atoms with Crippen molar-refractivity contribution >= 4 is 43.6 Å². The fraction of sp³-hybridized carbons (Fsp3) is 0. The first kappa shape index (κ1) is 27.4. The third-order valence-corrected chi connectivity index (χ3v) is 9.37. The van der Waals surface area contributed by atoms with Crippen LogP contribution in [0.5, 0.6) is 0 Å². The highest BCUT2D eigenvalue weighted by Gasteiger charge is 2.19. The highest BCUT2D eigenvalue weighted by atomic mass is 15.0. The van der Waals surface area contributed by atoms with Gasteiger partial charge in [0.2, 0.25) is 0 Å². The molecule has 0 amide bonds. The van der Waals surface area contributed by atoms with Gasteiger partial charge in [-0.2, -0.15) is 10.5 Å². The van der Waals surface area contributed by atoms with Crippen LogP contribution in [0.2, 0.25) is 0 Å². The molecule has 222 valence electrons. The zero-order valence-electron chi connectivity index (χ0n) is 25.8. The fourth-order valence-corrected chi connectivity index (χ4v) is 7.30. The molecule has 0 aliphatic carbocycles. The van der Waals surface area contributed by atoms with Crippen molar-refractivity contribution in [2.24, 2.45) is 0 Å². The largest absolute Gasteiger partial charge is 0.309 e. The van der Waals surface area contributed by atoms with Gasteiger partial charge in [-0.15, -0.1) is 0 Å². The number of fused-ring (bicyclic) bond motifs is 6. The lowest BCUT2D eigenvalue weighted by atomic mass is 9.94. The van der Waals surface area contributed by atoms with Crippen LogP contribution in [0.3, 0.4) is 0 Å². The van der Waals surface area contributed by atoms with Crippen molar-refractivity contribution < 1.29 is 0 Å². The Morgan fingerprint density at radius 1 is 0.396 bits per heavy atom. The number of para-hydroxylation sites is 3. The van der Waals surface area contributed by atoms with Gasteiger partial charge in [-0.05, 0) is 83.4 Å². The molecule has 4 nitrogen and oxygen atoms in total. The van der Waals surface area contributed by atoms with Crippen LogP contribution in [0.1, 0.15) is 11.1 Å². The van der Waals surface area contributed by atoms with Crippen molar-refractivity contribution in [1.29, 1.82) is 10.5 Å². The molecule has 0 bridgehead atoms. The summed E-state index contributed by atoms with van der Waals surface area (Å²) in [7, 11) is 0. The average Bonchev–Trinajstić information content (AvgIpc) is 3.67. The SMILES string of the molecule is N#Cc1ccc2c(c1)c1ccccc1n2-c1cccc(-c2cccc(-c3c(C#N)cccc3-n3c4ccccc4c4ccccc43)c2)c1. The van der Waals surface area contributed by atoms with E-state index in [-0.39, 0.29) is 0 Å². The van der Waals surface area contributed by atoms with Crippen LogP contribution in [-0.4, -0.2) is 9.13 Å². The lowest BCUT2D eigenvalue weighted by Crippen LogP contribution is -1.99. The summed E-state index contributed by atoms with van der Waals surface area (Å²) in [5.41, 5.74) is 11.6. The van der Waals surface area contributed by atoms with Gasteiger partial charge in [-0.1, -0.05) is 91.0 Å². The normalized spacial score (nSPS) is 11.3. The quantitative estimate of drug-likeness (QED) is 0.199. The van der Waals surface area contributed by atoms with Gasteiger partial charge in [0.25, 0.3) is 0 Å². The Balaban J connectivity index is 1.23. The summed E-state index contributed by atoms with van der Waals surface area (Å²) in [6.45, 7) is 0. The summed E-state index contributed by atoms with van der Waals surface area (Å²) in [6, 6.07) is 59.0. The number of benzene rings is 7. The molecule has 0 aliphatic heterocycles. The van der Waals surface area contributed by atoms with Gasteiger partial charge in [-0.25, -0.2) is 0 Å². The molecule has 0 fully saturated rings. The first-order valence-corrected chi connectivity index (χ1v) is 15.9. The van der Waals surface area contributed by atoms with Crippen molar-refractivity contribution in [3.63, 3.8) is 0 Å². The maximum atomic E-state index is 10.4. The summed E-state index contributed by atoms with van der Waals surface area (Å²) in [5, 5.41) is 24.5. The van der Waals surface area contributed by atoms with Crippen LogP contribution >= 0.6 is 0 Å². The molecule has 9 rings (SSSR count). The molecule has 4 heteroatoms. The van der Waals surface area contributed by atoms with Crippen LogP contribution in [-0.2, 0) is 0 Å². The second kappa shape index (κ2) is 10.9. The number of aromatic nitrogens is 2. The molecule has 0 N–H and O–H groups in total. The van der Waals surface area contributed by atoms with Crippen LogP contribution < -0.4 is 0 Å². The lowest BCUT2D eigenvalue weighted by molar-refractivity contribution is 1.18. The number of rotatable bonds is 4. The van der Waals surface area contributed by atoms with Gasteiger partial charge < -0.3 is 9.13 Å². The van der Waals surface area contributed by atoms with E-state index >= 15 is 0 Å². The Bertz CT molecular complexity index is 2760. The summed E-state index contributed by atoms with van der Waals surface area (Å²) in [6.07, 6.45) is 0. The third-order valence-electron chi connectivity index (χ3n) is 9.37. The molecule has 0 saturated carbocycles. The second-order valence-corrected chi connectivity index (χ2v) is 12.0. The maximum Gasteiger partial charge on any atom is 0.0998 e. The molecule has 0 aliphatic rings. The van der Waals surface area contributed by atoms with E-state index in [9.17, 15) is 10.5 Å². The summed E-state index contributed by atoms with van der Waals surface area (Å²) < 4.78 is 4.55. The van der Waals surface area contributed by atoms with Crippen molar-refractivity contribution in [3.05, 3.63) is 169 Å². The van der Waals surface area contributed by atoms with Gasteiger partial charge in [0.15, 0.2) is 0 Å². The molecule has 2 heterocycles. The number of nitrogens with zero attached hydrogens (tertiary/aromatic N) is 4. The first-order valence-electron chi connectivity index (χ1n) is 15.9. The van der Waals surface area contributed by atoms with E-state index in [0.29, 0.717) is 11.1 Å². The first-order chi connectivity index (χ1) is 23.7. The second-order valence-electron chi connectivity index (χ2n) is 12.0.